The second-order valence-corrected chi connectivity index (χ2v) is 12.7. The molecule has 0 N–H and O–H groups in total. The molecule has 37 heavy (non-hydrogen) atoms. The van der Waals surface area contributed by atoms with Gasteiger partial charge in [-0.2, -0.15) is 4.31 Å². The molecule has 2 atom stereocenters. The topological polar surface area (TPSA) is 88.0 Å². The van der Waals surface area contributed by atoms with E-state index in [0.717, 1.165) is 0 Å². The fourth-order valence-electron chi connectivity index (χ4n) is 5.51. The zero-order valence-electron chi connectivity index (χ0n) is 20.4. The van der Waals surface area contributed by atoms with Crippen LogP contribution in [-0.4, -0.2) is 74.1 Å². The number of fused-ring (bicyclic) bond motifs is 1. The van der Waals surface area contributed by atoms with E-state index in [9.17, 15) is 13.2 Å². The molecule has 3 aromatic rings. The van der Waals surface area contributed by atoms with Gasteiger partial charge in [0.2, 0.25) is 0 Å². The molecule has 196 valence electrons. The largest absolute Gasteiger partial charge is 0.378 e. The molecule has 3 aliphatic rings. The van der Waals surface area contributed by atoms with Gasteiger partial charge in [0, 0.05) is 51.7 Å². The van der Waals surface area contributed by atoms with E-state index in [-0.39, 0.29) is 34.5 Å². The van der Waals surface area contributed by atoms with Crippen LogP contribution >= 0.6 is 11.3 Å². The third-order valence-corrected chi connectivity index (χ3v) is 10.2. The predicted octanol–water partition coefficient (Wildman–Crippen LogP) is 2.67. The lowest BCUT2D eigenvalue weighted by atomic mass is 10.2. The van der Waals surface area contributed by atoms with Crippen LogP contribution < -0.4 is 9.80 Å². The number of rotatable bonds is 7. The summed E-state index contributed by atoms with van der Waals surface area (Å²) in [6.07, 6.45) is 2.98. The molecule has 0 radical (unpaired) electrons. The highest BCUT2D eigenvalue weighted by atomic mass is 32.2. The second kappa shape index (κ2) is 9.50. The second-order valence-electron chi connectivity index (χ2n) is 9.82. The van der Waals surface area contributed by atoms with Crippen LogP contribution in [0.1, 0.15) is 9.67 Å². The van der Waals surface area contributed by atoms with Gasteiger partial charge in [-0.3, -0.25) is 4.79 Å². The molecule has 1 saturated carbocycles. The minimum Gasteiger partial charge on any atom is -0.378 e. The summed E-state index contributed by atoms with van der Waals surface area (Å²) >= 11 is 1.35. The van der Waals surface area contributed by atoms with Crippen molar-refractivity contribution in [1.29, 1.82) is 0 Å². The van der Waals surface area contributed by atoms with Gasteiger partial charge in [0.1, 0.15) is 5.82 Å². The van der Waals surface area contributed by atoms with E-state index in [4.69, 9.17) is 4.74 Å². The fraction of sp³-hybridized carbons (Fsp3) is 0.440. The molecule has 0 bridgehead atoms. The maximum atomic E-state index is 15.2. The number of benzene rings is 1. The molecule has 2 saturated heterocycles. The smallest absolute Gasteiger partial charge is 0.268 e. The van der Waals surface area contributed by atoms with Crippen LogP contribution in [0.3, 0.4) is 0 Å². The third kappa shape index (κ3) is 4.56. The van der Waals surface area contributed by atoms with E-state index in [1.807, 2.05) is 16.3 Å². The van der Waals surface area contributed by atoms with Crippen molar-refractivity contribution >= 4 is 38.6 Å². The van der Waals surface area contributed by atoms with Gasteiger partial charge < -0.3 is 19.1 Å². The summed E-state index contributed by atoms with van der Waals surface area (Å²) < 4.78 is 49.6. The summed E-state index contributed by atoms with van der Waals surface area (Å²) in [5, 5.41) is 1.90. The van der Waals surface area contributed by atoms with Crippen LogP contribution in [0.25, 0.3) is 0 Å². The third-order valence-electron chi connectivity index (χ3n) is 7.59. The average molecular weight is 546 g/mol. The number of thiophene rings is 1. The Bertz CT molecular complexity index is 1390. The van der Waals surface area contributed by atoms with E-state index in [0.29, 0.717) is 62.2 Å². The first-order chi connectivity index (χ1) is 17.8. The van der Waals surface area contributed by atoms with Gasteiger partial charge in [-0.25, -0.2) is 17.8 Å². The van der Waals surface area contributed by atoms with Gasteiger partial charge in [0.15, 0.2) is 5.03 Å². The Morgan fingerprint density at radius 3 is 2.59 bits per heavy atom. The number of imidazole rings is 1. The summed E-state index contributed by atoms with van der Waals surface area (Å²) in [5.41, 5.74) is 1.02. The molecule has 6 rings (SSSR count). The van der Waals surface area contributed by atoms with Gasteiger partial charge in [-0.05, 0) is 47.4 Å². The zero-order chi connectivity index (χ0) is 25.7. The van der Waals surface area contributed by atoms with Gasteiger partial charge in [-0.1, -0.05) is 6.07 Å². The van der Waals surface area contributed by atoms with Gasteiger partial charge in [0.05, 0.1) is 30.1 Å². The highest BCUT2D eigenvalue weighted by molar-refractivity contribution is 7.89. The fourth-order valence-corrected chi connectivity index (χ4v) is 7.66. The normalized spacial score (nSPS) is 23.7. The van der Waals surface area contributed by atoms with Crippen LogP contribution in [0.5, 0.6) is 0 Å². The van der Waals surface area contributed by atoms with Gasteiger partial charge in [-0.15, -0.1) is 11.3 Å². The number of piperidine rings is 1. The predicted molar refractivity (Wildman–Crippen MR) is 138 cm³/mol. The molecule has 9 nitrogen and oxygen atoms in total. The van der Waals surface area contributed by atoms with Crippen molar-refractivity contribution in [3.05, 3.63) is 58.9 Å². The Balaban J connectivity index is 1.20. The van der Waals surface area contributed by atoms with Crippen molar-refractivity contribution in [2.75, 3.05) is 55.7 Å². The number of ether oxygens (including phenoxy) is 1. The van der Waals surface area contributed by atoms with Crippen LogP contribution in [0.15, 0.2) is 53.3 Å². The van der Waals surface area contributed by atoms with Crippen molar-refractivity contribution in [1.82, 2.24) is 13.9 Å². The van der Waals surface area contributed by atoms with Gasteiger partial charge in [0.25, 0.3) is 15.9 Å². The van der Waals surface area contributed by atoms with E-state index >= 15 is 4.39 Å². The van der Waals surface area contributed by atoms with E-state index in [1.54, 1.807) is 34.7 Å². The lowest BCUT2D eigenvalue weighted by molar-refractivity contribution is 0.0988. The molecule has 4 heterocycles. The van der Waals surface area contributed by atoms with Crippen LogP contribution in [-0.2, 0) is 21.8 Å². The lowest BCUT2D eigenvalue weighted by Crippen LogP contribution is -2.37. The Kier molecular flexibility index (Phi) is 6.30. The number of carbonyl (C=O) groups is 1. The average Bonchev–Trinajstić information content (AvgIpc) is 3.43. The molecule has 3 fully saturated rings. The van der Waals surface area contributed by atoms with Crippen LogP contribution in [0, 0.1) is 23.6 Å². The van der Waals surface area contributed by atoms with Crippen molar-refractivity contribution in [3.63, 3.8) is 0 Å². The first kappa shape index (κ1) is 24.5. The van der Waals surface area contributed by atoms with E-state index in [2.05, 4.69) is 4.98 Å². The van der Waals surface area contributed by atoms with Crippen molar-refractivity contribution in [2.45, 2.75) is 5.03 Å². The Morgan fingerprint density at radius 2 is 1.97 bits per heavy atom. The number of aryl methyl sites for hydroxylation is 1. The standard InChI is InChI=1S/C25H28FN5O4S2/c1-28-15-24(27-16-28)37(33,34)30-12-18-19(13-30)20(18)14-31(25(32)23-3-2-10-36-23)17-4-5-22(21(26)11-17)29-6-8-35-9-7-29/h2-5,10-11,15-16,18-20H,6-9,12-14H2,1H3. The van der Waals surface area contributed by atoms with E-state index in [1.165, 1.54) is 34.2 Å². The van der Waals surface area contributed by atoms with Crippen LogP contribution in [0.4, 0.5) is 15.8 Å². The SMILES string of the molecule is Cn1cnc(S(=O)(=O)N2CC3C(CN(C(=O)c4cccs4)c4ccc(N5CCOCC5)c(F)c4)C3C2)c1. The Morgan fingerprint density at radius 1 is 1.22 bits per heavy atom. The first-order valence-electron chi connectivity index (χ1n) is 12.3. The number of carbonyl (C=O) groups excluding carboxylic acids is 1. The zero-order valence-corrected chi connectivity index (χ0v) is 22.0. The molecular weight excluding hydrogens is 517 g/mol. The lowest BCUT2D eigenvalue weighted by Gasteiger charge is -2.30. The number of halogens is 1. The minimum absolute atomic E-state index is 0.0539. The number of hydrogen-bond acceptors (Lipinski definition) is 7. The molecule has 1 aliphatic carbocycles. The quantitative estimate of drug-likeness (QED) is 0.454. The summed E-state index contributed by atoms with van der Waals surface area (Å²) in [6.45, 7) is 3.58. The maximum Gasteiger partial charge on any atom is 0.268 e. The molecule has 12 heteroatoms. The molecule has 2 aliphatic heterocycles. The molecule has 1 aromatic carbocycles. The summed E-state index contributed by atoms with van der Waals surface area (Å²) in [5.74, 6) is -0.0614. The molecular formula is C25H28FN5O4S2. The highest BCUT2D eigenvalue weighted by Crippen LogP contribution is 2.53. The monoisotopic (exact) mass is 545 g/mol. The number of anilines is 2. The number of morpholine rings is 1. The van der Waals surface area contributed by atoms with Crippen molar-refractivity contribution in [2.24, 2.45) is 24.8 Å². The van der Waals surface area contributed by atoms with Crippen molar-refractivity contribution < 1.29 is 22.3 Å². The highest BCUT2D eigenvalue weighted by Gasteiger charge is 2.58. The summed E-state index contributed by atoms with van der Waals surface area (Å²) in [6, 6.07) is 8.57. The molecule has 2 aromatic heterocycles. The minimum atomic E-state index is -3.64. The maximum absolute atomic E-state index is 15.2. The van der Waals surface area contributed by atoms with Crippen LogP contribution in [0.2, 0.25) is 0 Å². The molecule has 1 amide bonds. The Labute approximate surface area is 219 Å². The summed E-state index contributed by atoms with van der Waals surface area (Å²) in [7, 11) is -1.90. The number of hydrogen-bond donors (Lipinski definition) is 0. The van der Waals surface area contributed by atoms with Gasteiger partial charge >= 0.3 is 0 Å². The van der Waals surface area contributed by atoms with E-state index < -0.39 is 10.0 Å². The molecule has 2 unspecified atom stereocenters. The summed E-state index contributed by atoms with van der Waals surface area (Å²) in [4.78, 5) is 21.7. The molecule has 0 spiro atoms. The number of amides is 1. The first-order valence-corrected chi connectivity index (χ1v) is 14.6. The number of sulfonamides is 1. The number of aromatic nitrogens is 2. The number of nitrogens with zero attached hydrogens (tertiary/aromatic N) is 5. The van der Waals surface area contributed by atoms with Crippen molar-refractivity contribution in [3.8, 4) is 0 Å². The Hall–Kier alpha value is -2.80.